The fourth-order valence-corrected chi connectivity index (χ4v) is 3.18. The molecule has 2 aromatic heterocycles. The third-order valence-electron chi connectivity index (χ3n) is 3.81. The zero-order chi connectivity index (χ0) is 18.0. The van der Waals surface area contributed by atoms with E-state index in [4.69, 9.17) is 20.9 Å². The summed E-state index contributed by atoms with van der Waals surface area (Å²) in [4.78, 5) is 7.90. The highest BCUT2D eigenvalue weighted by Gasteiger charge is 2.17. The highest BCUT2D eigenvalue weighted by atomic mass is 32.1. The maximum Gasteiger partial charge on any atom is 0.222 e. The molecule has 0 atom stereocenters. The van der Waals surface area contributed by atoms with Gasteiger partial charge in [-0.05, 0) is 40.4 Å². The predicted molar refractivity (Wildman–Crippen MR) is 101 cm³/mol. The van der Waals surface area contributed by atoms with Crippen molar-refractivity contribution in [2.24, 2.45) is 0 Å². The van der Waals surface area contributed by atoms with E-state index in [1.807, 2.05) is 23.6 Å². The summed E-state index contributed by atoms with van der Waals surface area (Å²) in [7, 11) is 1.67. The molecule has 0 unspecified atom stereocenters. The Morgan fingerprint density at radius 2 is 1.92 bits per heavy atom. The van der Waals surface area contributed by atoms with E-state index >= 15 is 0 Å². The summed E-state index contributed by atoms with van der Waals surface area (Å²) in [5.41, 5.74) is 14.5. The summed E-state index contributed by atoms with van der Waals surface area (Å²) < 4.78 is 11.6. The second kappa shape index (κ2) is 6.98. The molecule has 4 N–H and O–H groups in total. The van der Waals surface area contributed by atoms with Crippen LogP contribution in [0.1, 0.15) is 25.3 Å². The molecule has 3 aromatic rings. The van der Waals surface area contributed by atoms with Crippen LogP contribution in [0.3, 0.4) is 0 Å². The molecule has 1 aromatic carbocycles. The summed E-state index contributed by atoms with van der Waals surface area (Å²) in [6.07, 6.45) is 1.48. The highest BCUT2D eigenvalue weighted by Crippen LogP contribution is 2.41. The number of anilines is 2. The van der Waals surface area contributed by atoms with Crippen LogP contribution in [0.25, 0.3) is 11.1 Å². The zero-order valence-corrected chi connectivity index (χ0v) is 15.1. The fourth-order valence-electron chi connectivity index (χ4n) is 2.52. The number of methoxy groups -OCH3 is 1. The van der Waals surface area contributed by atoms with Crippen LogP contribution in [-0.2, 0) is 0 Å². The zero-order valence-electron chi connectivity index (χ0n) is 14.3. The number of benzene rings is 1. The van der Waals surface area contributed by atoms with Gasteiger partial charge in [0.25, 0.3) is 0 Å². The number of ether oxygens (including phenoxy) is 2. The number of nitrogens with two attached hydrogens (primary N) is 2. The first kappa shape index (κ1) is 17.0. The van der Waals surface area contributed by atoms with Crippen molar-refractivity contribution in [1.29, 1.82) is 0 Å². The number of nitrogens with zero attached hydrogens (tertiary/aromatic N) is 2. The second-order valence-electron chi connectivity index (χ2n) is 5.84. The van der Waals surface area contributed by atoms with Gasteiger partial charge in [0.2, 0.25) is 5.95 Å². The van der Waals surface area contributed by atoms with Crippen LogP contribution in [0.15, 0.2) is 35.2 Å². The van der Waals surface area contributed by atoms with Crippen LogP contribution in [0.2, 0.25) is 0 Å². The fraction of sp³-hybridized carbons (Fsp3) is 0.222. The first-order valence-electron chi connectivity index (χ1n) is 7.80. The molecule has 0 aliphatic carbocycles. The van der Waals surface area contributed by atoms with Crippen molar-refractivity contribution in [3.8, 4) is 28.4 Å². The average molecular weight is 356 g/mol. The molecule has 0 amide bonds. The summed E-state index contributed by atoms with van der Waals surface area (Å²) >= 11 is 1.63. The van der Waals surface area contributed by atoms with E-state index in [0.717, 1.165) is 22.4 Å². The molecule has 0 fully saturated rings. The van der Waals surface area contributed by atoms with E-state index in [9.17, 15) is 0 Å². The Morgan fingerprint density at radius 1 is 1.12 bits per heavy atom. The Hall–Kier alpha value is -2.80. The first-order valence-corrected chi connectivity index (χ1v) is 8.74. The van der Waals surface area contributed by atoms with E-state index in [1.165, 1.54) is 6.20 Å². The van der Waals surface area contributed by atoms with Crippen LogP contribution < -0.4 is 20.9 Å². The van der Waals surface area contributed by atoms with E-state index in [1.54, 1.807) is 18.4 Å². The number of hydrogen-bond acceptors (Lipinski definition) is 7. The van der Waals surface area contributed by atoms with Crippen molar-refractivity contribution in [3.05, 3.63) is 40.7 Å². The summed E-state index contributed by atoms with van der Waals surface area (Å²) in [5, 5.41) is 4.09. The molecule has 0 saturated carbocycles. The van der Waals surface area contributed by atoms with Crippen LogP contribution in [0.4, 0.5) is 11.8 Å². The van der Waals surface area contributed by atoms with Crippen molar-refractivity contribution in [2.75, 3.05) is 18.6 Å². The summed E-state index contributed by atoms with van der Waals surface area (Å²) in [6.45, 7) is 4.18. The minimum absolute atomic E-state index is 0.114. The third kappa shape index (κ3) is 3.51. The lowest BCUT2D eigenvalue weighted by Crippen LogP contribution is -2.03. The van der Waals surface area contributed by atoms with Crippen molar-refractivity contribution in [1.82, 2.24) is 9.97 Å². The smallest absolute Gasteiger partial charge is 0.222 e. The lowest BCUT2D eigenvalue weighted by atomic mass is 9.97. The SMILES string of the molecule is COc1cc(C(C)C)c(Oc2cnc(N)nc2N)cc1-c1ccsc1. The molecule has 6 nitrogen and oxygen atoms in total. The van der Waals surface area contributed by atoms with Gasteiger partial charge in [-0.2, -0.15) is 16.3 Å². The molecular formula is C18H20N4O2S. The summed E-state index contributed by atoms with van der Waals surface area (Å²) in [6, 6.07) is 6.01. The lowest BCUT2D eigenvalue weighted by molar-refractivity contribution is 0.412. The third-order valence-corrected chi connectivity index (χ3v) is 4.49. The normalized spacial score (nSPS) is 10.9. The Bertz CT molecular complexity index is 879. The van der Waals surface area contributed by atoms with E-state index in [2.05, 4.69) is 29.2 Å². The Morgan fingerprint density at radius 3 is 2.52 bits per heavy atom. The standard InChI is InChI=1S/C18H20N4O2S/c1-10(2)12-6-14(23-3)13(11-4-5-25-9-11)7-15(12)24-16-8-21-18(20)22-17(16)19/h4-10H,1-3H3,(H4,19,20,21,22). The molecule has 0 radical (unpaired) electrons. The molecule has 0 bridgehead atoms. The van der Waals surface area contributed by atoms with Gasteiger partial charge in [0, 0.05) is 11.1 Å². The number of rotatable bonds is 5. The number of thiophene rings is 1. The van der Waals surface area contributed by atoms with Crippen molar-refractivity contribution in [2.45, 2.75) is 19.8 Å². The summed E-state index contributed by atoms with van der Waals surface area (Å²) in [5.74, 6) is 2.42. The first-order chi connectivity index (χ1) is 12.0. The van der Waals surface area contributed by atoms with Crippen LogP contribution in [0, 0.1) is 0 Å². The van der Waals surface area contributed by atoms with Crippen molar-refractivity contribution in [3.63, 3.8) is 0 Å². The highest BCUT2D eigenvalue weighted by molar-refractivity contribution is 7.08. The molecule has 2 heterocycles. The molecule has 25 heavy (non-hydrogen) atoms. The number of hydrogen-bond donors (Lipinski definition) is 2. The minimum Gasteiger partial charge on any atom is -0.496 e. The maximum absolute atomic E-state index is 6.04. The molecule has 0 spiro atoms. The Labute approximate surface area is 150 Å². The van der Waals surface area contributed by atoms with Gasteiger partial charge < -0.3 is 20.9 Å². The van der Waals surface area contributed by atoms with Gasteiger partial charge in [0.1, 0.15) is 11.5 Å². The maximum atomic E-state index is 6.04. The molecule has 0 aliphatic heterocycles. The predicted octanol–water partition coefficient (Wildman–Crippen LogP) is 4.29. The molecular weight excluding hydrogens is 336 g/mol. The second-order valence-corrected chi connectivity index (χ2v) is 6.62. The van der Waals surface area contributed by atoms with Crippen LogP contribution in [0.5, 0.6) is 17.2 Å². The monoisotopic (exact) mass is 356 g/mol. The van der Waals surface area contributed by atoms with Gasteiger partial charge >= 0.3 is 0 Å². The minimum atomic E-state index is 0.114. The van der Waals surface area contributed by atoms with E-state index < -0.39 is 0 Å². The van der Waals surface area contributed by atoms with Crippen LogP contribution in [-0.4, -0.2) is 17.1 Å². The topological polar surface area (TPSA) is 96.3 Å². The molecule has 7 heteroatoms. The van der Waals surface area contributed by atoms with Gasteiger partial charge in [-0.15, -0.1) is 0 Å². The van der Waals surface area contributed by atoms with E-state index in [-0.39, 0.29) is 17.7 Å². The van der Waals surface area contributed by atoms with Gasteiger partial charge in [-0.1, -0.05) is 13.8 Å². The Kier molecular flexibility index (Phi) is 4.76. The van der Waals surface area contributed by atoms with E-state index in [0.29, 0.717) is 11.5 Å². The average Bonchev–Trinajstić information content (AvgIpc) is 3.11. The molecule has 0 saturated heterocycles. The largest absolute Gasteiger partial charge is 0.496 e. The molecule has 130 valence electrons. The van der Waals surface area contributed by atoms with Crippen molar-refractivity contribution < 1.29 is 9.47 Å². The van der Waals surface area contributed by atoms with Crippen LogP contribution >= 0.6 is 11.3 Å². The lowest BCUT2D eigenvalue weighted by Gasteiger charge is -2.18. The van der Waals surface area contributed by atoms with Gasteiger partial charge in [-0.25, -0.2) is 4.98 Å². The van der Waals surface area contributed by atoms with Gasteiger partial charge in [0.15, 0.2) is 11.6 Å². The Balaban J connectivity index is 2.11. The van der Waals surface area contributed by atoms with Gasteiger partial charge in [0.05, 0.1) is 13.3 Å². The van der Waals surface area contributed by atoms with Crippen molar-refractivity contribution >= 4 is 23.1 Å². The molecule has 0 aliphatic rings. The number of nitrogen functional groups attached to an aromatic ring is 2. The number of aromatic nitrogens is 2. The van der Waals surface area contributed by atoms with Gasteiger partial charge in [-0.3, -0.25) is 0 Å². The molecule has 3 rings (SSSR count). The quantitative estimate of drug-likeness (QED) is 0.708.